The minimum absolute atomic E-state index is 0.792. The Morgan fingerprint density at radius 2 is 2.33 bits per heavy atom. The fraction of sp³-hybridized carbons (Fsp3) is 0.444. The highest BCUT2D eigenvalue weighted by Gasteiger charge is 2.17. The first-order chi connectivity index (χ1) is 7.34. The quantitative estimate of drug-likeness (QED) is 0.697. The van der Waals surface area contributed by atoms with Crippen molar-refractivity contribution in [1.82, 2.24) is 29.6 Å². The molecule has 3 rings (SSSR count). The first-order valence-electron chi connectivity index (χ1n) is 4.96. The van der Waals surface area contributed by atoms with E-state index in [2.05, 4.69) is 25.1 Å². The van der Waals surface area contributed by atoms with E-state index in [0.717, 1.165) is 37.0 Å². The van der Waals surface area contributed by atoms with E-state index in [4.69, 9.17) is 0 Å². The first-order valence-corrected chi connectivity index (χ1v) is 4.96. The van der Waals surface area contributed by atoms with Crippen molar-refractivity contribution in [2.75, 3.05) is 6.54 Å². The summed E-state index contributed by atoms with van der Waals surface area (Å²) in [5, 5.41) is 11.6. The number of aryl methyl sites for hydroxylation is 1. The highest BCUT2D eigenvalue weighted by molar-refractivity contribution is 5.48. The number of aromatic nitrogens is 5. The third-order valence-corrected chi connectivity index (χ3v) is 2.56. The average Bonchev–Trinajstić information content (AvgIpc) is 2.83. The fourth-order valence-corrected chi connectivity index (χ4v) is 1.81. The number of rotatable bonds is 1. The normalized spacial score (nSPS) is 15.3. The molecule has 6 nitrogen and oxygen atoms in total. The Hall–Kier alpha value is -1.69. The summed E-state index contributed by atoms with van der Waals surface area (Å²) in [6.45, 7) is 2.67. The van der Waals surface area contributed by atoms with Crippen LogP contribution in [0.3, 0.4) is 0 Å². The Bertz CT molecular complexity index is 483. The molecule has 0 radical (unpaired) electrons. The highest BCUT2D eigenvalue weighted by atomic mass is 15.3. The minimum atomic E-state index is 0.792. The van der Waals surface area contributed by atoms with Gasteiger partial charge in [-0.2, -0.15) is 0 Å². The molecular formula is C9H12N6. The van der Waals surface area contributed by atoms with Crippen LogP contribution in [0.5, 0.6) is 0 Å². The molecule has 1 aliphatic heterocycles. The second kappa shape index (κ2) is 3.16. The fourth-order valence-electron chi connectivity index (χ4n) is 1.81. The Kier molecular flexibility index (Phi) is 1.81. The molecule has 0 fully saturated rings. The molecule has 0 atom stereocenters. The lowest BCUT2D eigenvalue weighted by atomic mass is 10.4. The van der Waals surface area contributed by atoms with E-state index in [1.165, 1.54) is 0 Å². The summed E-state index contributed by atoms with van der Waals surface area (Å²) < 4.78 is 4.04. The van der Waals surface area contributed by atoms with Crippen molar-refractivity contribution in [1.29, 1.82) is 0 Å². The van der Waals surface area contributed by atoms with Crippen LogP contribution < -0.4 is 5.32 Å². The molecule has 0 spiro atoms. The number of hydrogen-bond acceptors (Lipinski definition) is 4. The molecule has 3 heterocycles. The van der Waals surface area contributed by atoms with Gasteiger partial charge in [0.2, 0.25) is 0 Å². The van der Waals surface area contributed by atoms with Gasteiger partial charge in [-0.15, -0.1) is 10.2 Å². The standard InChI is InChI=1S/C9H12N6/c1-14-5-7(11-6-14)9-13-12-8-4-10-2-3-15(8)9/h5-6,10H,2-4H2,1H3. The SMILES string of the molecule is Cn1cnc(-c2nnc3n2CCNC3)c1. The lowest BCUT2D eigenvalue weighted by Gasteiger charge is -2.15. The van der Waals surface area contributed by atoms with Gasteiger partial charge in [0, 0.05) is 26.3 Å². The Morgan fingerprint density at radius 1 is 1.40 bits per heavy atom. The second-order valence-corrected chi connectivity index (χ2v) is 3.69. The van der Waals surface area contributed by atoms with Crippen LogP contribution in [0.15, 0.2) is 12.5 Å². The molecule has 0 amide bonds. The van der Waals surface area contributed by atoms with Crippen molar-refractivity contribution < 1.29 is 0 Å². The van der Waals surface area contributed by atoms with Crippen LogP contribution in [-0.4, -0.2) is 30.9 Å². The van der Waals surface area contributed by atoms with Gasteiger partial charge < -0.3 is 14.5 Å². The zero-order valence-electron chi connectivity index (χ0n) is 8.51. The van der Waals surface area contributed by atoms with Crippen LogP contribution in [0.25, 0.3) is 11.5 Å². The van der Waals surface area contributed by atoms with Gasteiger partial charge in [-0.3, -0.25) is 0 Å². The third-order valence-electron chi connectivity index (χ3n) is 2.56. The van der Waals surface area contributed by atoms with Crippen LogP contribution in [0.4, 0.5) is 0 Å². The highest BCUT2D eigenvalue weighted by Crippen LogP contribution is 2.16. The van der Waals surface area contributed by atoms with Gasteiger partial charge in [0.25, 0.3) is 0 Å². The van der Waals surface area contributed by atoms with Crippen LogP contribution in [-0.2, 0) is 20.1 Å². The summed E-state index contributed by atoms with van der Waals surface area (Å²) in [6, 6.07) is 0. The number of imidazole rings is 1. The van der Waals surface area contributed by atoms with Gasteiger partial charge in [-0.05, 0) is 0 Å². The molecule has 6 heteroatoms. The molecule has 1 N–H and O–H groups in total. The van der Waals surface area contributed by atoms with Gasteiger partial charge in [0.15, 0.2) is 5.82 Å². The maximum Gasteiger partial charge on any atom is 0.184 e. The van der Waals surface area contributed by atoms with Crippen molar-refractivity contribution in [3.8, 4) is 11.5 Å². The zero-order chi connectivity index (χ0) is 10.3. The van der Waals surface area contributed by atoms with Gasteiger partial charge in [0.1, 0.15) is 11.5 Å². The van der Waals surface area contributed by atoms with E-state index >= 15 is 0 Å². The van der Waals surface area contributed by atoms with Crippen molar-refractivity contribution in [3.05, 3.63) is 18.3 Å². The van der Waals surface area contributed by atoms with Gasteiger partial charge in [-0.1, -0.05) is 0 Å². The maximum atomic E-state index is 4.29. The van der Waals surface area contributed by atoms with Gasteiger partial charge in [0.05, 0.1) is 12.9 Å². The average molecular weight is 204 g/mol. The monoisotopic (exact) mass is 204 g/mol. The van der Waals surface area contributed by atoms with E-state index in [1.54, 1.807) is 6.33 Å². The molecule has 0 aromatic carbocycles. The Balaban J connectivity index is 2.08. The van der Waals surface area contributed by atoms with Crippen LogP contribution >= 0.6 is 0 Å². The van der Waals surface area contributed by atoms with Gasteiger partial charge >= 0.3 is 0 Å². The topological polar surface area (TPSA) is 60.6 Å². The van der Waals surface area contributed by atoms with E-state index in [0.29, 0.717) is 0 Å². The molecule has 0 unspecified atom stereocenters. The van der Waals surface area contributed by atoms with E-state index < -0.39 is 0 Å². The summed E-state index contributed by atoms with van der Waals surface area (Å²) in [5.41, 5.74) is 0.887. The summed E-state index contributed by atoms with van der Waals surface area (Å²) in [5.74, 6) is 1.86. The summed E-state index contributed by atoms with van der Waals surface area (Å²) in [4.78, 5) is 4.29. The molecule has 78 valence electrons. The number of fused-ring (bicyclic) bond motifs is 1. The predicted octanol–water partition coefficient (Wildman–Crippen LogP) is -0.218. The minimum Gasteiger partial charge on any atom is -0.340 e. The molecule has 0 aliphatic carbocycles. The lowest BCUT2D eigenvalue weighted by Crippen LogP contribution is -2.28. The number of nitrogens with zero attached hydrogens (tertiary/aromatic N) is 5. The van der Waals surface area contributed by atoms with Crippen molar-refractivity contribution in [3.63, 3.8) is 0 Å². The molecule has 0 saturated carbocycles. The molecule has 2 aromatic rings. The van der Waals surface area contributed by atoms with E-state index in [1.807, 2.05) is 17.8 Å². The lowest BCUT2D eigenvalue weighted by molar-refractivity contribution is 0.508. The smallest absolute Gasteiger partial charge is 0.184 e. The zero-order valence-corrected chi connectivity index (χ0v) is 8.51. The molecular weight excluding hydrogens is 192 g/mol. The van der Waals surface area contributed by atoms with Crippen molar-refractivity contribution >= 4 is 0 Å². The second-order valence-electron chi connectivity index (χ2n) is 3.69. The van der Waals surface area contributed by atoms with Gasteiger partial charge in [-0.25, -0.2) is 4.98 Å². The molecule has 0 bridgehead atoms. The van der Waals surface area contributed by atoms with Crippen LogP contribution in [0, 0.1) is 0 Å². The molecule has 1 aliphatic rings. The summed E-state index contributed by atoms with van der Waals surface area (Å²) in [7, 11) is 1.95. The number of hydrogen-bond donors (Lipinski definition) is 1. The Morgan fingerprint density at radius 3 is 3.13 bits per heavy atom. The largest absolute Gasteiger partial charge is 0.340 e. The summed E-state index contributed by atoms with van der Waals surface area (Å²) >= 11 is 0. The molecule has 2 aromatic heterocycles. The van der Waals surface area contributed by atoms with E-state index in [-0.39, 0.29) is 0 Å². The van der Waals surface area contributed by atoms with Crippen molar-refractivity contribution in [2.45, 2.75) is 13.1 Å². The number of nitrogens with one attached hydrogen (secondary N) is 1. The first kappa shape index (κ1) is 8.60. The molecule has 0 saturated heterocycles. The van der Waals surface area contributed by atoms with Crippen LogP contribution in [0.1, 0.15) is 5.82 Å². The third kappa shape index (κ3) is 1.33. The van der Waals surface area contributed by atoms with Crippen LogP contribution in [0.2, 0.25) is 0 Å². The summed E-state index contributed by atoms with van der Waals surface area (Å²) in [6.07, 6.45) is 3.73. The predicted molar refractivity (Wildman–Crippen MR) is 53.9 cm³/mol. The van der Waals surface area contributed by atoms with Crippen molar-refractivity contribution in [2.24, 2.45) is 7.05 Å². The maximum absolute atomic E-state index is 4.29. The molecule has 15 heavy (non-hydrogen) atoms. The van der Waals surface area contributed by atoms with E-state index in [9.17, 15) is 0 Å². The Labute approximate surface area is 87.0 Å².